The number of aromatic nitrogens is 4. The van der Waals surface area contributed by atoms with Crippen molar-refractivity contribution in [1.29, 1.82) is 0 Å². The average molecular weight is 975 g/mol. The number of fused-ring (bicyclic) bond motifs is 9. The highest BCUT2D eigenvalue weighted by Crippen LogP contribution is 2.42. The molecule has 75 heavy (non-hydrogen) atoms. The Labute approximate surface area is 435 Å². The van der Waals surface area contributed by atoms with Gasteiger partial charge in [-0.1, -0.05) is 170 Å². The van der Waals surface area contributed by atoms with Crippen LogP contribution in [0, 0.1) is 0 Å². The molecule has 0 amide bonds. The molecule has 0 unspecified atom stereocenters. The molecule has 0 aliphatic rings. The topological polar surface area (TPSA) is 56.7 Å². The van der Waals surface area contributed by atoms with Gasteiger partial charge in [0.15, 0.2) is 17.5 Å². The SMILES string of the molecule is c1ccc(-c2cc(-c3ccccc3)cc(-c3cccc(-c4nc(-c5ccccc5)nc(-c5cccc6oc7ccc(-c8ccc9c(c8)c8ccccc8n9-c8ccc9sc%10ccccc%10c9c8)cc7c56)n4)c3)c2)cc1. The summed E-state index contributed by atoms with van der Waals surface area (Å²) in [4.78, 5) is 15.8. The first-order valence-electron chi connectivity index (χ1n) is 25.2. The van der Waals surface area contributed by atoms with E-state index in [0.717, 1.165) is 88.8 Å². The van der Waals surface area contributed by atoms with Gasteiger partial charge in [0.25, 0.3) is 0 Å². The van der Waals surface area contributed by atoms with E-state index in [0.29, 0.717) is 17.5 Å². The van der Waals surface area contributed by atoms with Gasteiger partial charge < -0.3 is 8.98 Å². The van der Waals surface area contributed by atoms with Crippen LogP contribution >= 0.6 is 11.3 Å². The van der Waals surface area contributed by atoms with E-state index in [1.165, 1.54) is 42.0 Å². The maximum absolute atomic E-state index is 6.64. The summed E-state index contributed by atoms with van der Waals surface area (Å²) in [5.74, 6) is 1.76. The lowest BCUT2D eigenvalue weighted by atomic mass is 9.93. The van der Waals surface area contributed by atoms with Crippen LogP contribution in [0.25, 0.3) is 148 Å². The van der Waals surface area contributed by atoms with E-state index < -0.39 is 0 Å². The summed E-state index contributed by atoms with van der Waals surface area (Å²) >= 11 is 1.85. The summed E-state index contributed by atoms with van der Waals surface area (Å²) in [6.45, 7) is 0. The minimum absolute atomic E-state index is 0.572. The number of furan rings is 1. The number of benzene rings is 11. The summed E-state index contributed by atoms with van der Waals surface area (Å²) in [7, 11) is 0. The number of hydrogen-bond donors (Lipinski definition) is 0. The fraction of sp³-hybridized carbons (Fsp3) is 0. The predicted octanol–water partition coefficient (Wildman–Crippen LogP) is 18.9. The summed E-state index contributed by atoms with van der Waals surface area (Å²) in [5.41, 5.74) is 16.8. The molecule has 0 radical (unpaired) electrons. The number of nitrogens with zero attached hydrogens (tertiary/aromatic N) is 4. The van der Waals surface area contributed by atoms with Crippen LogP contribution in [0.3, 0.4) is 0 Å². The van der Waals surface area contributed by atoms with Crippen molar-refractivity contribution in [2.75, 3.05) is 0 Å². The van der Waals surface area contributed by atoms with Gasteiger partial charge in [-0.25, -0.2) is 15.0 Å². The van der Waals surface area contributed by atoms with Crippen LogP contribution in [-0.4, -0.2) is 19.5 Å². The zero-order chi connectivity index (χ0) is 49.4. The van der Waals surface area contributed by atoms with E-state index in [1.54, 1.807) is 0 Å². The molecule has 0 spiro atoms. The molecule has 4 heterocycles. The van der Waals surface area contributed by atoms with Gasteiger partial charge in [-0.15, -0.1) is 11.3 Å². The Morgan fingerprint density at radius 3 is 1.59 bits per heavy atom. The second kappa shape index (κ2) is 17.5. The number of rotatable bonds is 8. The minimum Gasteiger partial charge on any atom is -0.456 e. The molecule has 11 aromatic carbocycles. The lowest BCUT2D eigenvalue weighted by Crippen LogP contribution is -2.00. The normalized spacial score (nSPS) is 11.7. The molecule has 350 valence electrons. The van der Waals surface area contributed by atoms with Crippen LogP contribution < -0.4 is 0 Å². The molecule has 0 N–H and O–H groups in total. The summed E-state index contributed by atoms with van der Waals surface area (Å²) < 4.78 is 11.7. The van der Waals surface area contributed by atoms with Crippen molar-refractivity contribution in [2.45, 2.75) is 0 Å². The maximum Gasteiger partial charge on any atom is 0.164 e. The van der Waals surface area contributed by atoms with Gasteiger partial charge in [-0.2, -0.15) is 0 Å². The Morgan fingerprint density at radius 2 is 0.827 bits per heavy atom. The van der Waals surface area contributed by atoms with E-state index >= 15 is 0 Å². The molecule has 0 aliphatic carbocycles. The minimum atomic E-state index is 0.572. The Bertz CT molecular complexity index is 4650. The molecule has 6 heteroatoms. The third kappa shape index (κ3) is 7.41. The van der Waals surface area contributed by atoms with Gasteiger partial charge in [-0.05, 0) is 129 Å². The molecule has 0 aliphatic heterocycles. The molecule has 0 atom stereocenters. The number of hydrogen-bond acceptors (Lipinski definition) is 5. The van der Waals surface area contributed by atoms with E-state index in [-0.39, 0.29) is 0 Å². The van der Waals surface area contributed by atoms with Crippen LogP contribution in [0.5, 0.6) is 0 Å². The first-order chi connectivity index (χ1) is 37.1. The molecule has 5 nitrogen and oxygen atoms in total. The molecule has 0 saturated heterocycles. The van der Waals surface area contributed by atoms with Gasteiger partial charge >= 0.3 is 0 Å². The molecule has 4 aromatic heterocycles. The van der Waals surface area contributed by atoms with E-state index in [1.807, 2.05) is 41.7 Å². The monoisotopic (exact) mass is 974 g/mol. The van der Waals surface area contributed by atoms with Gasteiger partial charge in [0.1, 0.15) is 11.2 Å². The van der Waals surface area contributed by atoms with Gasteiger partial charge in [0.05, 0.1) is 11.0 Å². The second-order valence-electron chi connectivity index (χ2n) is 19.1. The largest absolute Gasteiger partial charge is 0.456 e. The zero-order valence-corrected chi connectivity index (χ0v) is 41.2. The zero-order valence-electron chi connectivity index (χ0n) is 40.4. The summed E-state index contributed by atoms with van der Waals surface area (Å²) in [6, 6.07) is 90.6. The Kier molecular flexibility index (Phi) is 10.00. The molecular weight excluding hydrogens is 933 g/mol. The highest BCUT2D eigenvalue weighted by molar-refractivity contribution is 7.25. The smallest absolute Gasteiger partial charge is 0.164 e. The first-order valence-corrected chi connectivity index (χ1v) is 26.0. The lowest BCUT2D eigenvalue weighted by molar-refractivity contribution is 0.669. The summed E-state index contributed by atoms with van der Waals surface area (Å²) in [5, 5.41) is 6.95. The van der Waals surface area contributed by atoms with Crippen molar-refractivity contribution in [3.8, 4) is 84.4 Å². The van der Waals surface area contributed by atoms with Crippen molar-refractivity contribution in [3.63, 3.8) is 0 Å². The van der Waals surface area contributed by atoms with E-state index in [9.17, 15) is 0 Å². The third-order valence-electron chi connectivity index (χ3n) is 14.6. The quantitative estimate of drug-likeness (QED) is 0.152. The van der Waals surface area contributed by atoms with Gasteiger partial charge in [-0.3, -0.25) is 0 Å². The third-order valence-corrected chi connectivity index (χ3v) is 15.8. The highest BCUT2D eigenvalue weighted by atomic mass is 32.1. The molecule has 15 aromatic rings. The number of para-hydroxylation sites is 1. The van der Waals surface area contributed by atoms with Crippen molar-refractivity contribution in [2.24, 2.45) is 0 Å². The lowest BCUT2D eigenvalue weighted by Gasteiger charge is -2.13. The van der Waals surface area contributed by atoms with Crippen molar-refractivity contribution < 1.29 is 4.42 Å². The van der Waals surface area contributed by atoms with Crippen molar-refractivity contribution >= 4 is 75.3 Å². The molecule has 0 fully saturated rings. The summed E-state index contributed by atoms with van der Waals surface area (Å²) in [6.07, 6.45) is 0. The van der Waals surface area contributed by atoms with E-state index in [4.69, 9.17) is 19.4 Å². The Balaban J connectivity index is 0.856. The van der Waals surface area contributed by atoms with Crippen LogP contribution in [0.1, 0.15) is 0 Å². The van der Waals surface area contributed by atoms with Crippen LogP contribution in [0.15, 0.2) is 259 Å². The highest BCUT2D eigenvalue weighted by Gasteiger charge is 2.21. The second-order valence-corrected chi connectivity index (χ2v) is 20.2. The molecule has 0 bridgehead atoms. The van der Waals surface area contributed by atoms with Crippen molar-refractivity contribution in [3.05, 3.63) is 255 Å². The Morgan fingerprint density at radius 1 is 0.293 bits per heavy atom. The fourth-order valence-corrected chi connectivity index (χ4v) is 12.1. The fourth-order valence-electron chi connectivity index (χ4n) is 11.0. The maximum atomic E-state index is 6.64. The van der Waals surface area contributed by atoms with Crippen LogP contribution in [0.4, 0.5) is 0 Å². The Hall–Kier alpha value is -9.75. The first kappa shape index (κ1) is 42.9. The van der Waals surface area contributed by atoms with Crippen LogP contribution in [-0.2, 0) is 0 Å². The standard InChI is InChI=1S/C69H42N4OS/c1-4-16-43(17-5-1)50-37-51(44-18-6-2-7-19-44)39-52(38-50)46-22-14-23-49(36-46)68-70-67(45-20-8-3-9-21-45)71-69(72-68)56-26-15-28-63-66(56)59-41-48(31-34-62(59)74-63)47-30-33-61-57(40-47)54-24-10-12-27-60(54)73(61)53-32-35-65-58(42-53)55-25-11-13-29-64(55)75-65/h1-42H. The molecular formula is C69H42N4OS. The van der Waals surface area contributed by atoms with Gasteiger partial charge in [0.2, 0.25) is 0 Å². The van der Waals surface area contributed by atoms with Gasteiger partial charge in [0, 0.05) is 64.1 Å². The average Bonchev–Trinajstić information content (AvgIpc) is 4.21. The van der Waals surface area contributed by atoms with E-state index in [2.05, 4.69) is 229 Å². The van der Waals surface area contributed by atoms with Crippen molar-refractivity contribution in [1.82, 2.24) is 19.5 Å². The molecule has 0 saturated carbocycles. The number of thiophene rings is 1. The molecule has 15 rings (SSSR count). The predicted molar refractivity (Wildman–Crippen MR) is 312 cm³/mol. The van der Waals surface area contributed by atoms with Crippen LogP contribution in [0.2, 0.25) is 0 Å².